The number of amides is 1. The zero-order chi connectivity index (χ0) is 15.4. The van der Waals surface area contributed by atoms with Crippen molar-refractivity contribution < 1.29 is 4.79 Å². The molecule has 0 aliphatic heterocycles. The van der Waals surface area contributed by atoms with E-state index in [1.807, 2.05) is 54.6 Å². The zero-order valence-electron chi connectivity index (χ0n) is 11.5. The first kappa shape index (κ1) is 14.9. The second-order valence-corrected chi connectivity index (χ2v) is 6.52. The lowest BCUT2D eigenvalue weighted by Crippen LogP contribution is -2.14. The summed E-state index contributed by atoms with van der Waals surface area (Å²) in [7, 11) is 0. The third-order valence-corrected chi connectivity index (χ3v) is 4.39. The molecule has 110 valence electrons. The zero-order valence-corrected chi connectivity index (χ0v) is 13.9. The van der Waals surface area contributed by atoms with Crippen molar-refractivity contribution in [3.05, 3.63) is 64.6 Å². The molecule has 3 aromatic rings. The molecule has 0 fully saturated rings. The fourth-order valence-corrected chi connectivity index (χ4v) is 2.95. The molecule has 0 aliphatic rings. The Balaban J connectivity index is 1.65. The number of aromatic nitrogens is 2. The van der Waals surface area contributed by atoms with Crippen LogP contribution >= 0.6 is 27.3 Å². The van der Waals surface area contributed by atoms with Crippen LogP contribution in [0.1, 0.15) is 5.56 Å². The largest absolute Gasteiger partial charge is 0.300 e. The van der Waals surface area contributed by atoms with Crippen molar-refractivity contribution in [3.63, 3.8) is 0 Å². The van der Waals surface area contributed by atoms with Gasteiger partial charge in [-0.25, -0.2) is 0 Å². The molecule has 2 aromatic carbocycles. The van der Waals surface area contributed by atoms with Crippen LogP contribution in [0.2, 0.25) is 0 Å². The van der Waals surface area contributed by atoms with Crippen molar-refractivity contribution in [3.8, 4) is 10.6 Å². The monoisotopic (exact) mass is 373 g/mol. The van der Waals surface area contributed by atoms with Gasteiger partial charge in [0.25, 0.3) is 0 Å². The van der Waals surface area contributed by atoms with Crippen LogP contribution in [-0.2, 0) is 11.2 Å². The van der Waals surface area contributed by atoms with E-state index >= 15 is 0 Å². The van der Waals surface area contributed by atoms with E-state index in [0.29, 0.717) is 11.6 Å². The number of hydrogen-bond donors (Lipinski definition) is 1. The second kappa shape index (κ2) is 6.81. The highest BCUT2D eigenvalue weighted by Crippen LogP contribution is 2.25. The van der Waals surface area contributed by atoms with Crippen LogP contribution < -0.4 is 5.32 Å². The molecule has 1 aromatic heterocycles. The van der Waals surface area contributed by atoms with Crippen molar-refractivity contribution in [2.75, 3.05) is 5.32 Å². The Labute approximate surface area is 140 Å². The van der Waals surface area contributed by atoms with Gasteiger partial charge in [0.2, 0.25) is 11.0 Å². The lowest BCUT2D eigenvalue weighted by Gasteiger charge is -2.01. The topological polar surface area (TPSA) is 54.9 Å². The number of carbonyl (C=O) groups excluding carboxylic acids is 1. The van der Waals surface area contributed by atoms with E-state index in [-0.39, 0.29) is 5.91 Å². The second-order valence-electron chi connectivity index (χ2n) is 4.63. The summed E-state index contributed by atoms with van der Waals surface area (Å²) in [6.07, 6.45) is 0.313. The number of rotatable bonds is 4. The fraction of sp³-hybridized carbons (Fsp3) is 0.0625. The van der Waals surface area contributed by atoms with Gasteiger partial charge < -0.3 is 5.32 Å². The standard InChI is InChI=1S/C16H12BrN3OS/c17-13-8-6-11(7-9-13)10-14(21)18-16-20-19-15(22-16)12-4-2-1-3-5-12/h1-9H,10H2,(H,18,20,21). The Kier molecular flexibility index (Phi) is 4.60. The highest BCUT2D eigenvalue weighted by atomic mass is 79.9. The minimum atomic E-state index is -0.0990. The molecule has 1 amide bonds. The molecule has 0 aliphatic carbocycles. The summed E-state index contributed by atoms with van der Waals surface area (Å²) in [5, 5.41) is 12.2. The van der Waals surface area contributed by atoms with Crippen molar-refractivity contribution in [1.29, 1.82) is 0 Å². The third kappa shape index (κ3) is 3.78. The van der Waals surface area contributed by atoms with Crippen LogP contribution in [0.4, 0.5) is 5.13 Å². The van der Waals surface area contributed by atoms with Crippen molar-refractivity contribution in [2.45, 2.75) is 6.42 Å². The summed E-state index contributed by atoms with van der Waals surface area (Å²) in [4.78, 5) is 12.0. The van der Waals surface area contributed by atoms with E-state index < -0.39 is 0 Å². The van der Waals surface area contributed by atoms with Gasteiger partial charge in [-0.1, -0.05) is 69.7 Å². The smallest absolute Gasteiger partial charge is 0.230 e. The van der Waals surface area contributed by atoms with Crippen molar-refractivity contribution in [2.24, 2.45) is 0 Å². The molecule has 0 saturated carbocycles. The van der Waals surface area contributed by atoms with Gasteiger partial charge >= 0.3 is 0 Å². The van der Waals surface area contributed by atoms with E-state index in [1.165, 1.54) is 11.3 Å². The predicted octanol–water partition coefficient (Wildman–Crippen LogP) is 4.15. The maximum absolute atomic E-state index is 12.0. The fourth-order valence-electron chi connectivity index (χ4n) is 1.92. The van der Waals surface area contributed by atoms with Crippen LogP contribution in [0.25, 0.3) is 10.6 Å². The Morgan fingerprint density at radius 1 is 1.05 bits per heavy atom. The van der Waals surface area contributed by atoms with Crippen LogP contribution in [0, 0.1) is 0 Å². The molecular formula is C16H12BrN3OS. The Morgan fingerprint density at radius 3 is 2.50 bits per heavy atom. The summed E-state index contributed by atoms with van der Waals surface area (Å²) >= 11 is 4.74. The maximum atomic E-state index is 12.0. The van der Waals surface area contributed by atoms with Gasteiger partial charge in [-0.05, 0) is 17.7 Å². The number of halogens is 1. The first-order chi connectivity index (χ1) is 10.7. The molecule has 1 N–H and O–H groups in total. The third-order valence-electron chi connectivity index (χ3n) is 2.97. The molecular weight excluding hydrogens is 362 g/mol. The normalized spacial score (nSPS) is 10.4. The van der Waals surface area contributed by atoms with Gasteiger partial charge in [0, 0.05) is 10.0 Å². The van der Waals surface area contributed by atoms with Crippen LogP contribution in [-0.4, -0.2) is 16.1 Å². The molecule has 0 saturated heterocycles. The Bertz CT molecular complexity index is 772. The van der Waals surface area contributed by atoms with Crippen LogP contribution in [0.15, 0.2) is 59.1 Å². The molecule has 6 heteroatoms. The lowest BCUT2D eigenvalue weighted by atomic mass is 10.1. The predicted molar refractivity (Wildman–Crippen MR) is 91.8 cm³/mol. The van der Waals surface area contributed by atoms with E-state index in [9.17, 15) is 4.79 Å². The van der Waals surface area contributed by atoms with E-state index in [2.05, 4.69) is 31.4 Å². The first-order valence-electron chi connectivity index (χ1n) is 6.64. The van der Waals surface area contributed by atoms with Gasteiger partial charge in [-0.2, -0.15) is 0 Å². The summed E-state index contributed by atoms with van der Waals surface area (Å²) in [5.41, 5.74) is 1.95. The number of anilines is 1. The molecule has 22 heavy (non-hydrogen) atoms. The molecule has 4 nitrogen and oxygen atoms in total. The van der Waals surface area contributed by atoms with E-state index in [1.54, 1.807) is 0 Å². The molecule has 0 bridgehead atoms. The summed E-state index contributed by atoms with van der Waals surface area (Å²) < 4.78 is 0.994. The molecule has 3 rings (SSSR count). The minimum Gasteiger partial charge on any atom is -0.300 e. The molecule has 0 unspecified atom stereocenters. The van der Waals surface area contributed by atoms with Gasteiger partial charge in [0.05, 0.1) is 6.42 Å². The molecule has 0 radical (unpaired) electrons. The maximum Gasteiger partial charge on any atom is 0.230 e. The molecule has 0 atom stereocenters. The SMILES string of the molecule is O=C(Cc1ccc(Br)cc1)Nc1nnc(-c2ccccc2)s1. The molecule has 0 spiro atoms. The van der Waals surface area contributed by atoms with Crippen LogP contribution in [0.5, 0.6) is 0 Å². The van der Waals surface area contributed by atoms with E-state index in [4.69, 9.17) is 0 Å². The number of nitrogens with zero attached hydrogens (tertiary/aromatic N) is 2. The van der Waals surface area contributed by atoms with Gasteiger partial charge in [0.15, 0.2) is 0 Å². The summed E-state index contributed by atoms with van der Waals surface area (Å²) in [5.74, 6) is -0.0990. The lowest BCUT2D eigenvalue weighted by molar-refractivity contribution is -0.115. The van der Waals surface area contributed by atoms with Crippen LogP contribution in [0.3, 0.4) is 0 Å². The van der Waals surface area contributed by atoms with Crippen molar-refractivity contribution in [1.82, 2.24) is 10.2 Å². The Hall–Kier alpha value is -2.05. The molecule has 1 heterocycles. The average Bonchev–Trinajstić information content (AvgIpc) is 2.99. The van der Waals surface area contributed by atoms with E-state index in [0.717, 1.165) is 20.6 Å². The average molecular weight is 374 g/mol. The quantitative estimate of drug-likeness (QED) is 0.747. The van der Waals surface area contributed by atoms with Gasteiger partial charge in [-0.3, -0.25) is 4.79 Å². The minimum absolute atomic E-state index is 0.0990. The summed E-state index contributed by atoms with van der Waals surface area (Å²) in [6, 6.07) is 17.4. The van der Waals surface area contributed by atoms with Gasteiger partial charge in [0.1, 0.15) is 5.01 Å². The Morgan fingerprint density at radius 2 is 1.77 bits per heavy atom. The number of nitrogens with one attached hydrogen (secondary N) is 1. The number of benzene rings is 2. The first-order valence-corrected chi connectivity index (χ1v) is 8.25. The summed E-state index contributed by atoms with van der Waals surface area (Å²) in [6.45, 7) is 0. The number of hydrogen-bond acceptors (Lipinski definition) is 4. The highest BCUT2D eigenvalue weighted by Gasteiger charge is 2.10. The van der Waals surface area contributed by atoms with Crippen molar-refractivity contribution >= 4 is 38.3 Å². The number of carbonyl (C=O) groups is 1. The van der Waals surface area contributed by atoms with Gasteiger partial charge in [-0.15, -0.1) is 10.2 Å². The highest BCUT2D eigenvalue weighted by molar-refractivity contribution is 9.10.